The average molecular weight is 330 g/mol. The van der Waals surface area contributed by atoms with Gasteiger partial charge in [-0.25, -0.2) is 0 Å². The first-order valence-corrected chi connectivity index (χ1v) is 8.12. The predicted molar refractivity (Wildman–Crippen MR) is 87.1 cm³/mol. The molecular weight excluding hydrogens is 313 g/mol. The van der Waals surface area contributed by atoms with Crippen molar-refractivity contribution in [2.24, 2.45) is 0 Å². The highest BCUT2D eigenvalue weighted by atomic mass is 35.5. The van der Waals surface area contributed by atoms with Crippen LogP contribution in [0.2, 0.25) is 10.0 Å². The Morgan fingerprint density at radius 2 is 1.80 bits per heavy atom. The number of rotatable bonds is 7. The molecular formula is C15H17Cl2NOS. The van der Waals surface area contributed by atoms with Crippen molar-refractivity contribution in [2.45, 2.75) is 26.5 Å². The molecule has 1 aromatic heterocycles. The van der Waals surface area contributed by atoms with Gasteiger partial charge in [0.15, 0.2) is 0 Å². The highest BCUT2D eigenvalue weighted by Crippen LogP contribution is 2.25. The molecule has 0 aliphatic heterocycles. The van der Waals surface area contributed by atoms with Crippen molar-refractivity contribution in [2.75, 3.05) is 6.54 Å². The molecule has 5 heteroatoms. The summed E-state index contributed by atoms with van der Waals surface area (Å²) >= 11 is 13.6. The maximum Gasteiger partial charge on any atom is 0.122 e. The fourth-order valence-corrected chi connectivity index (χ4v) is 3.16. The molecule has 2 rings (SSSR count). The fraction of sp³-hybridized carbons (Fsp3) is 0.333. The van der Waals surface area contributed by atoms with Gasteiger partial charge in [0.25, 0.3) is 0 Å². The molecule has 108 valence electrons. The third kappa shape index (κ3) is 4.98. The van der Waals surface area contributed by atoms with Crippen LogP contribution in [-0.4, -0.2) is 6.54 Å². The van der Waals surface area contributed by atoms with E-state index in [0.717, 1.165) is 19.5 Å². The van der Waals surface area contributed by atoms with E-state index in [2.05, 4.69) is 24.4 Å². The van der Waals surface area contributed by atoms with Crippen LogP contribution in [0.15, 0.2) is 30.3 Å². The number of ether oxygens (including phenoxy) is 1. The quantitative estimate of drug-likeness (QED) is 0.710. The van der Waals surface area contributed by atoms with Crippen LogP contribution in [0.3, 0.4) is 0 Å². The second-order valence-corrected chi connectivity index (χ2v) is 6.56. The first-order chi connectivity index (χ1) is 9.67. The Balaban J connectivity index is 1.87. The third-order valence-electron chi connectivity index (χ3n) is 2.66. The second kappa shape index (κ2) is 7.89. The zero-order chi connectivity index (χ0) is 14.4. The summed E-state index contributed by atoms with van der Waals surface area (Å²) in [6.07, 6.45) is 1.15. The predicted octanol–water partition coefficient (Wildman–Crippen LogP) is 5.13. The van der Waals surface area contributed by atoms with E-state index >= 15 is 0 Å². The van der Waals surface area contributed by atoms with Gasteiger partial charge in [0.1, 0.15) is 12.4 Å². The molecule has 0 aliphatic rings. The Kier molecular flexibility index (Phi) is 6.17. The maximum atomic E-state index is 5.94. The van der Waals surface area contributed by atoms with E-state index in [0.29, 0.717) is 22.4 Å². The Labute approximate surface area is 133 Å². The van der Waals surface area contributed by atoms with Gasteiger partial charge in [0.2, 0.25) is 0 Å². The fourth-order valence-electron chi connectivity index (χ4n) is 1.75. The van der Waals surface area contributed by atoms with E-state index in [1.807, 2.05) is 0 Å². The molecule has 0 spiro atoms. The van der Waals surface area contributed by atoms with Crippen molar-refractivity contribution in [3.63, 3.8) is 0 Å². The molecule has 0 amide bonds. The van der Waals surface area contributed by atoms with E-state index in [1.54, 1.807) is 29.5 Å². The minimum Gasteiger partial charge on any atom is -0.488 e. The number of hydrogen-bond donors (Lipinski definition) is 1. The lowest BCUT2D eigenvalue weighted by Gasteiger charge is -2.05. The summed E-state index contributed by atoms with van der Waals surface area (Å²) in [7, 11) is 0. The van der Waals surface area contributed by atoms with Gasteiger partial charge in [0.05, 0.1) is 0 Å². The van der Waals surface area contributed by atoms with Crippen molar-refractivity contribution in [3.8, 4) is 5.75 Å². The molecule has 0 atom stereocenters. The molecule has 1 aromatic carbocycles. The largest absolute Gasteiger partial charge is 0.488 e. The lowest BCUT2D eigenvalue weighted by Crippen LogP contribution is -2.12. The van der Waals surface area contributed by atoms with E-state index < -0.39 is 0 Å². The minimum absolute atomic E-state index is 0.537. The Morgan fingerprint density at radius 1 is 1.10 bits per heavy atom. The Bertz CT molecular complexity index is 536. The van der Waals surface area contributed by atoms with Gasteiger partial charge in [-0.3, -0.25) is 0 Å². The molecule has 0 aliphatic carbocycles. The van der Waals surface area contributed by atoms with Gasteiger partial charge < -0.3 is 10.1 Å². The van der Waals surface area contributed by atoms with Crippen molar-refractivity contribution in [3.05, 3.63) is 50.1 Å². The van der Waals surface area contributed by atoms with E-state index in [-0.39, 0.29) is 0 Å². The summed E-state index contributed by atoms with van der Waals surface area (Å²) in [4.78, 5) is 2.51. The minimum atomic E-state index is 0.537. The summed E-state index contributed by atoms with van der Waals surface area (Å²) in [6, 6.07) is 9.46. The van der Waals surface area contributed by atoms with Crippen molar-refractivity contribution in [1.29, 1.82) is 0 Å². The number of hydrogen-bond acceptors (Lipinski definition) is 3. The molecule has 0 bridgehead atoms. The zero-order valence-corrected chi connectivity index (χ0v) is 13.6. The first-order valence-electron chi connectivity index (χ1n) is 6.54. The van der Waals surface area contributed by atoms with Crippen LogP contribution in [0.4, 0.5) is 0 Å². The molecule has 0 radical (unpaired) electrons. The molecule has 20 heavy (non-hydrogen) atoms. The van der Waals surface area contributed by atoms with Gasteiger partial charge in [-0.2, -0.15) is 0 Å². The van der Waals surface area contributed by atoms with Crippen molar-refractivity contribution < 1.29 is 4.74 Å². The standard InChI is InChI=1S/C15H17Cl2NOS/c1-2-5-18-9-14-3-4-15(20-14)10-19-13-7-11(16)6-12(17)8-13/h3-4,6-8,18H,2,5,9-10H2,1H3. The SMILES string of the molecule is CCCNCc1ccc(COc2cc(Cl)cc(Cl)c2)s1. The Hall–Kier alpha value is -0.740. The normalized spacial score (nSPS) is 10.8. The van der Waals surface area contributed by atoms with Crippen LogP contribution in [0.5, 0.6) is 5.75 Å². The Morgan fingerprint density at radius 3 is 2.50 bits per heavy atom. The molecule has 1 N–H and O–H groups in total. The second-order valence-electron chi connectivity index (χ2n) is 4.44. The van der Waals surface area contributed by atoms with Crippen LogP contribution in [0.1, 0.15) is 23.1 Å². The summed E-state index contributed by atoms with van der Waals surface area (Å²) in [5, 5.41) is 4.56. The van der Waals surface area contributed by atoms with Crippen molar-refractivity contribution in [1.82, 2.24) is 5.32 Å². The summed E-state index contributed by atoms with van der Waals surface area (Å²) in [5.74, 6) is 0.696. The number of benzene rings is 1. The van der Waals surface area contributed by atoms with Crippen LogP contribution in [0, 0.1) is 0 Å². The van der Waals surface area contributed by atoms with Crippen LogP contribution in [0.25, 0.3) is 0 Å². The third-order valence-corrected chi connectivity index (χ3v) is 4.16. The summed E-state index contributed by atoms with van der Waals surface area (Å²) in [5.41, 5.74) is 0. The lowest BCUT2D eigenvalue weighted by atomic mass is 10.3. The van der Waals surface area contributed by atoms with Gasteiger partial charge >= 0.3 is 0 Å². The van der Waals surface area contributed by atoms with Gasteiger partial charge in [0, 0.05) is 26.3 Å². The van der Waals surface area contributed by atoms with Crippen LogP contribution < -0.4 is 10.1 Å². The van der Waals surface area contributed by atoms with Gasteiger partial charge in [-0.05, 0) is 43.3 Å². The zero-order valence-electron chi connectivity index (χ0n) is 11.3. The monoisotopic (exact) mass is 329 g/mol. The van der Waals surface area contributed by atoms with E-state index in [4.69, 9.17) is 27.9 Å². The summed E-state index contributed by atoms with van der Waals surface area (Å²) in [6.45, 7) is 4.66. The van der Waals surface area contributed by atoms with Gasteiger partial charge in [-0.15, -0.1) is 11.3 Å². The molecule has 0 saturated heterocycles. The number of nitrogens with one attached hydrogen (secondary N) is 1. The highest BCUT2D eigenvalue weighted by Gasteiger charge is 2.03. The van der Waals surface area contributed by atoms with Gasteiger partial charge in [-0.1, -0.05) is 30.1 Å². The summed E-state index contributed by atoms with van der Waals surface area (Å²) < 4.78 is 5.71. The van der Waals surface area contributed by atoms with Crippen molar-refractivity contribution >= 4 is 34.5 Å². The average Bonchev–Trinajstić information content (AvgIpc) is 2.84. The molecule has 2 aromatic rings. The highest BCUT2D eigenvalue weighted by molar-refractivity contribution is 7.11. The molecule has 0 fully saturated rings. The lowest BCUT2D eigenvalue weighted by molar-refractivity contribution is 0.310. The first kappa shape index (κ1) is 15.6. The number of halogens is 2. The number of thiophene rings is 1. The molecule has 0 saturated carbocycles. The molecule has 2 nitrogen and oxygen atoms in total. The topological polar surface area (TPSA) is 21.3 Å². The van der Waals surface area contributed by atoms with E-state index in [9.17, 15) is 0 Å². The molecule has 1 heterocycles. The van der Waals surface area contributed by atoms with Crippen LogP contribution >= 0.6 is 34.5 Å². The van der Waals surface area contributed by atoms with Crippen LogP contribution in [-0.2, 0) is 13.2 Å². The molecule has 0 unspecified atom stereocenters. The van der Waals surface area contributed by atoms with E-state index in [1.165, 1.54) is 9.75 Å². The smallest absolute Gasteiger partial charge is 0.122 e. The maximum absolute atomic E-state index is 5.94.